The normalized spacial score (nSPS) is 16.8. The second kappa shape index (κ2) is 6.93. The number of carbonyl (C=O) groups excluding carboxylic acids is 4. The Balaban J connectivity index is 1.54. The molecule has 0 radical (unpaired) electrons. The van der Waals surface area contributed by atoms with Gasteiger partial charge in [0, 0.05) is 22.3 Å². The number of amides is 2. The van der Waals surface area contributed by atoms with E-state index in [0.29, 0.717) is 16.0 Å². The summed E-state index contributed by atoms with van der Waals surface area (Å²) >= 11 is 0.845. The molecule has 144 valence electrons. The Labute approximate surface area is 176 Å². The first-order chi connectivity index (χ1) is 14.5. The maximum atomic E-state index is 12.9. The first-order valence-corrected chi connectivity index (χ1v) is 10.0. The molecule has 5 rings (SSSR count). The van der Waals surface area contributed by atoms with Crippen molar-refractivity contribution in [2.75, 3.05) is 4.90 Å². The second-order valence-electron chi connectivity index (χ2n) is 6.86. The van der Waals surface area contributed by atoms with Crippen LogP contribution in [0.2, 0.25) is 0 Å². The first-order valence-electron chi connectivity index (χ1n) is 9.20. The molecule has 0 atom stereocenters. The maximum Gasteiger partial charge on any atom is 0.298 e. The summed E-state index contributed by atoms with van der Waals surface area (Å²) in [5.41, 5.74) is 2.24. The molecule has 1 aliphatic carbocycles. The largest absolute Gasteiger partial charge is 0.298 e. The molecule has 5 nitrogen and oxygen atoms in total. The zero-order chi connectivity index (χ0) is 20.8. The van der Waals surface area contributed by atoms with Crippen molar-refractivity contribution >= 4 is 46.2 Å². The van der Waals surface area contributed by atoms with Crippen LogP contribution in [0.4, 0.5) is 10.5 Å². The minimum Gasteiger partial charge on any atom is -0.289 e. The number of benzene rings is 3. The highest BCUT2D eigenvalue weighted by molar-refractivity contribution is 8.19. The molecule has 0 unspecified atom stereocenters. The molecule has 6 heteroatoms. The van der Waals surface area contributed by atoms with Crippen molar-refractivity contribution in [3.8, 4) is 0 Å². The van der Waals surface area contributed by atoms with Crippen molar-refractivity contribution in [3.63, 3.8) is 0 Å². The van der Waals surface area contributed by atoms with Gasteiger partial charge in [-0.15, -0.1) is 0 Å². The molecule has 3 aromatic carbocycles. The fourth-order valence-corrected chi connectivity index (χ4v) is 4.46. The SMILES string of the molecule is O=C1c2ccccc2C(=O)c2cc(N3C(=O)S/C(=C/c4ccccc4)C3=O)ccc21. The fourth-order valence-electron chi connectivity index (χ4n) is 3.62. The van der Waals surface area contributed by atoms with Crippen molar-refractivity contribution in [1.82, 2.24) is 0 Å². The third-order valence-electron chi connectivity index (χ3n) is 5.06. The van der Waals surface area contributed by atoms with Gasteiger partial charge in [-0.2, -0.15) is 0 Å². The second-order valence-corrected chi connectivity index (χ2v) is 7.85. The minimum absolute atomic E-state index is 0.197. The van der Waals surface area contributed by atoms with Crippen LogP contribution < -0.4 is 4.90 Å². The lowest BCUT2D eigenvalue weighted by Gasteiger charge is -2.20. The van der Waals surface area contributed by atoms with Crippen molar-refractivity contribution in [2.24, 2.45) is 0 Å². The molecule has 0 N–H and O–H groups in total. The van der Waals surface area contributed by atoms with Gasteiger partial charge in [0.15, 0.2) is 11.6 Å². The molecule has 0 bridgehead atoms. The van der Waals surface area contributed by atoms with Gasteiger partial charge in [0.1, 0.15) is 0 Å². The van der Waals surface area contributed by atoms with Crippen molar-refractivity contribution in [3.05, 3.63) is 106 Å². The van der Waals surface area contributed by atoms with Crippen LogP contribution in [0.5, 0.6) is 0 Å². The van der Waals surface area contributed by atoms with Gasteiger partial charge in [0.05, 0.1) is 10.6 Å². The maximum absolute atomic E-state index is 12.9. The van der Waals surface area contributed by atoms with Crippen molar-refractivity contribution in [1.29, 1.82) is 0 Å². The van der Waals surface area contributed by atoms with E-state index in [-0.39, 0.29) is 28.4 Å². The summed E-state index contributed by atoms with van der Waals surface area (Å²) < 4.78 is 0. The average molecular weight is 411 g/mol. The van der Waals surface area contributed by atoms with E-state index in [1.807, 2.05) is 30.3 Å². The number of carbonyl (C=O) groups is 4. The lowest BCUT2D eigenvalue weighted by atomic mass is 9.84. The Kier molecular flexibility index (Phi) is 4.22. The van der Waals surface area contributed by atoms with Gasteiger partial charge in [-0.1, -0.05) is 54.6 Å². The van der Waals surface area contributed by atoms with Crippen LogP contribution in [0.25, 0.3) is 6.08 Å². The molecule has 1 heterocycles. The van der Waals surface area contributed by atoms with Gasteiger partial charge in [0.2, 0.25) is 0 Å². The van der Waals surface area contributed by atoms with E-state index in [4.69, 9.17) is 0 Å². The third-order valence-corrected chi connectivity index (χ3v) is 5.93. The smallest absolute Gasteiger partial charge is 0.289 e. The molecule has 2 aliphatic rings. The topological polar surface area (TPSA) is 71.5 Å². The molecule has 1 saturated heterocycles. The number of hydrogen-bond acceptors (Lipinski definition) is 5. The average Bonchev–Trinajstić information content (AvgIpc) is 3.05. The fraction of sp³-hybridized carbons (Fsp3) is 0. The third kappa shape index (κ3) is 2.81. The number of anilines is 1. The Morgan fingerprint density at radius 2 is 1.27 bits per heavy atom. The van der Waals surface area contributed by atoms with Crippen LogP contribution in [0, 0.1) is 0 Å². The van der Waals surface area contributed by atoms with Crippen molar-refractivity contribution < 1.29 is 19.2 Å². The van der Waals surface area contributed by atoms with E-state index in [1.54, 1.807) is 30.3 Å². The van der Waals surface area contributed by atoms with Crippen LogP contribution in [-0.2, 0) is 4.79 Å². The van der Waals surface area contributed by atoms with Gasteiger partial charge in [-0.3, -0.25) is 19.2 Å². The summed E-state index contributed by atoms with van der Waals surface area (Å²) in [6, 6.07) is 20.4. The Bertz CT molecular complexity index is 1290. The van der Waals surface area contributed by atoms with E-state index in [0.717, 1.165) is 22.2 Å². The lowest BCUT2D eigenvalue weighted by Crippen LogP contribution is -2.29. The summed E-state index contributed by atoms with van der Waals surface area (Å²) in [6.45, 7) is 0. The number of nitrogens with zero attached hydrogens (tertiary/aromatic N) is 1. The zero-order valence-electron chi connectivity index (χ0n) is 15.5. The molecule has 3 aromatic rings. The van der Waals surface area contributed by atoms with E-state index in [9.17, 15) is 19.2 Å². The summed E-state index contributed by atoms with van der Waals surface area (Å²) in [4.78, 5) is 52.5. The van der Waals surface area contributed by atoms with Crippen LogP contribution in [0.1, 0.15) is 37.4 Å². The van der Waals surface area contributed by atoms with Crippen molar-refractivity contribution in [2.45, 2.75) is 0 Å². The molecule has 1 fully saturated rings. The summed E-state index contributed by atoms with van der Waals surface area (Å²) in [5, 5.41) is -0.447. The zero-order valence-corrected chi connectivity index (χ0v) is 16.3. The van der Waals surface area contributed by atoms with Gasteiger partial charge in [-0.25, -0.2) is 4.90 Å². The monoisotopic (exact) mass is 411 g/mol. The predicted molar refractivity (Wildman–Crippen MR) is 115 cm³/mol. The summed E-state index contributed by atoms with van der Waals surface area (Å²) in [6.07, 6.45) is 1.66. The van der Waals surface area contributed by atoms with Gasteiger partial charge < -0.3 is 0 Å². The Morgan fingerprint density at radius 1 is 0.667 bits per heavy atom. The number of ketones is 2. The van der Waals surface area contributed by atoms with E-state index >= 15 is 0 Å². The van der Waals surface area contributed by atoms with Crippen LogP contribution in [-0.4, -0.2) is 22.7 Å². The number of thioether (sulfide) groups is 1. The van der Waals surface area contributed by atoms with E-state index in [2.05, 4.69) is 0 Å². The molecular weight excluding hydrogens is 398 g/mol. The summed E-state index contributed by atoms with van der Waals surface area (Å²) in [7, 11) is 0. The predicted octanol–water partition coefficient (Wildman–Crippen LogP) is 4.70. The van der Waals surface area contributed by atoms with Crippen LogP contribution in [0.15, 0.2) is 77.7 Å². The molecule has 1 aliphatic heterocycles. The Morgan fingerprint density at radius 3 is 1.97 bits per heavy atom. The van der Waals surface area contributed by atoms with Crippen LogP contribution in [0.3, 0.4) is 0 Å². The van der Waals surface area contributed by atoms with Gasteiger partial charge in [0.25, 0.3) is 11.1 Å². The highest BCUT2D eigenvalue weighted by Crippen LogP contribution is 2.37. The van der Waals surface area contributed by atoms with E-state index < -0.39 is 11.1 Å². The molecule has 0 saturated carbocycles. The number of hydrogen-bond donors (Lipinski definition) is 0. The molecule has 30 heavy (non-hydrogen) atoms. The number of imide groups is 1. The quantitative estimate of drug-likeness (QED) is 0.447. The minimum atomic E-state index is -0.455. The van der Waals surface area contributed by atoms with Gasteiger partial charge in [-0.05, 0) is 41.6 Å². The highest BCUT2D eigenvalue weighted by atomic mass is 32.2. The molecule has 0 spiro atoms. The van der Waals surface area contributed by atoms with Gasteiger partial charge >= 0.3 is 0 Å². The molecule has 0 aromatic heterocycles. The molecular formula is C24H13NO4S. The molecule has 2 amide bonds. The summed E-state index contributed by atoms with van der Waals surface area (Å²) in [5.74, 6) is -0.998. The van der Waals surface area contributed by atoms with E-state index in [1.165, 1.54) is 18.2 Å². The van der Waals surface area contributed by atoms with Crippen LogP contribution >= 0.6 is 11.8 Å². The number of fused-ring (bicyclic) bond motifs is 2. The Hall–Kier alpha value is -3.77. The highest BCUT2D eigenvalue weighted by Gasteiger charge is 2.38. The lowest BCUT2D eigenvalue weighted by molar-refractivity contribution is -0.113. The standard InChI is InChI=1S/C24H13NO4S/c26-21-16-8-4-5-9-17(16)22(27)19-13-15(10-11-18(19)21)25-23(28)20(30-24(25)29)12-14-6-2-1-3-7-14/h1-13H/b20-12+. The first kappa shape index (κ1) is 18.3. The number of rotatable bonds is 2.